The zero-order chi connectivity index (χ0) is 24.1. The third-order valence-electron chi connectivity index (χ3n) is 4.64. The summed E-state index contributed by atoms with van der Waals surface area (Å²) in [7, 11) is 0. The van der Waals surface area contributed by atoms with Crippen LogP contribution in [0.5, 0.6) is 0 Å². The number of primary amides is 1. The lowest BCUT2D eigenvalue weighted by molar-refractivity contribution is -0.132. The monoisotopic (exact) mass is 449 g/mol. The number of nitrogens with one attached hydrogen (secondary N) is 4. The van der Waals surface area contributed by atoms with Crippen LogP contribution in [0.4, 0.5) is 4.79 Å². The number of rotatable bonds is 12. The SMILES string of the molecule is CC[C@H](C)[C@H](NC(=O)[C@@H](C)NC(=O)CNC(=O)CNC(=O)OCc1ccccc1)C(N)=O. The first-order chi connectivity index (χ1) is 15.1. The molecule has 32 heavy (non-hydrogen) atoms. The van der Waals surface area contributed by atoms with Gasteiger partial charge in [0.25, 0.3) is 0 Å². The van der Waals surface area contributed by atoms with E-state index in [1.807, 2.05) is 13.0 Å². The molecule has 0 saturated carbocycles. The van der Waals surface area contributed by atoms with Gasteiger partial charge in [-0.15, -0.1) is 0 Å². The second-order valence-electron chi connectivity index (χ2n) is 7.26. The number of ether oxygens (including phenoxy) is 1. The molecule has 0 aliphatic rings. The van der Waals surface area contributed by atoms with Gasteiger partial charge in [-0.25, -0.2) is 4.79 Å². The van der Waals surface area contributed by atoms with Gasteiger partial charge < -0.3 is 31.7 Å². The standard InChI is InChI=1S/C21H31N5O6/c1-4-13(2)18(19(22)29)26-20(30)14(3)25-17(28)11-23-16(27)10-24-21(31)32-12-15-8-6-5-7-9-15/h5-9,13-14,18H,4,10-12H2,1-3H3,(H2,22,29)(H,23,27)(H,24,31)(H,25,28)(H,26,30)/t13-,14+,18-/m0/s1. The van der Waals surface area contributed by atoms with E-state index in [-0.39, 0.29) is 19.1 Å². The number of alkyl carbamates (subject to hydrolysis) is 1. The van der Waals surface area contributed by atoms with Crippen LogP contribution in [0, 0.1) is 5.92 Å². The molecule has 1 aromatic carbocycles. The fourth-order valence-corrected chi connectivity index (χ4v) is 2.53. The third-order valence-corrected chi connectivity index (χ3v) is 4.64. The molecule has 0 fully saturated rings. The van der Waals surface area contributed by atoms with Crippen molar-refractivity contribution in [3.63, 3.8) is 0 Å². The molecule has 0 aromatic heterocycles. The predicted octanol–water partition coefficient (Wildman–Crippen LogP) is -0.450. The average molecular weight is 450 g/mol. The summed E-state index contributed by atoms with van der Waals surface area (Å²) < 4.78 is 4.97. The van der Waals surface area contributed by atoms with Gasteiger partial charge >= 0.3 is 6.09 Å². The van der Waals surface area contributed by atoms with Crippen molar-refractivity contribution in [2.45, 2.75) is 45.9 Å². The third kappa shape index (κ3) is 9.92. The van der Waals surface area contributed by atoms with Crippen LogP contribution in [0.2, 0.25) is 0 Å². The highest BCUT2D eigenvalue weighted by molar-refractivity contribution is 5.93. The number of benzene rings is 1. The van der Waals surface area contributed by atoms with Gasteiger partial charge in [0.1, 0.15) is 25.2 Å². The Morgan fingerprint density at radius 1 is 0.938 bits per heavy atom. The van der Waals surface area contributed by atoms with Crippen molar-refractivity contribution in [1.82, 2.24) is 21.3 Å². The molecule has 0 unspecified atom stereocenters. The molecule has 176 valence electrons. The lowest BCUT2D eigenvalue weighted by Crippen LogP contribution is -2.55. The molecular weight excluding hydrogens is 418 g/mol. The lowest BCUT2D eigenvalue weighted by Gasteiger charge is -2.23. The molecule has 0 aliphatic heterocycles. The smallest absolute Gasteiger partial charge is 0.407 e. The minimum Gasteiger partial charge on any atom is -0.445 e. The molecule has 11 nitrogen and oxygen atoms in total. The molecular formula is C21H31N5O6. The van der Waals surface area contributed by atoms with Gasteiger partial charge in [0.2, 0.25) is 23.6 Å². The molecule has 5 amide bonds. The van der Waals surface area contributed by atoms with E-state index in [4.69, 9.17) is 10.5 Å². The Morgan fingerprint density at radius 2 is 1.56 bits per heavy atom. The molecule has 6 N–H and O–H groups in total. The van der Waals surface area contributed by atoms with E-state index in [1.54, 1.807) is 31.2 Å². The van der Waals surface area contributed by atoms with Crippen LogP contribution in [-0.2, 0) is 30.5 Å². The quantitative estimate of drug-likeness (QED) is 0.289. The van der Waals surface area contributed by atoms with Crippen molar-refractivity contribution in [3.05, 3.63) is 35.9 Å². The molecule has 11 heteroatoms. The topological polar surface area (TPSA) is 169 Å². The van der Waals surface area contributed by atoms with Gasteiger partial charge in [-0.05, 0) is 18.4 Å². The van der Waals surface area contributed by atoms with Gasteiger partial charge in [0.15, 0.2) is 0 Å². The fraction of sp³-hybridized carbons (Fsp3) is 0.476. The van der Waals surface area contributed by atoms with Crippen LogP contribution < -0.4 is 27.0 Å². The Labute approximate surface area is 186 Å². The molecule has 3 atom stereocenters. The van der Waals surface area contributed by atoms with Crippen molar-refractivity contribution in [2.75, 3.05) is 13.1 Å². The average Bonchev–Trinajstić information content (AvgIpc) is 2.78. The number of carbonyl (C=O) groups excluding carboxylic acids is 5. The van der Waals surface area contributed by atoms with E-state index >= 15 is 0 Å². The van der Waals surface area contributed by atoms with E-state index in [0.29, 0.717) is 6.42 Å². The first-order valence-corrected chi connectivity index (χ1v) is 10.2. The Balaban J connectivity index is 2.30. The molecule has 0 saturated heterocycles. The number of hydrogen-bond donors (Lipinski definition) is 5. The number of nitrogens with two attached hydrogens (primary N) is 1. The van der Waals surface area contributed by atoms with Crippen LogP contribution in [-0.4, -0.2) is 54.9 Å². The van der Waals surface area contributed by atoms with Gasteiger partial charge in [0.05, 0.1) is 6.54 Å². The van der Waals surface area contributed by atoms with Crippen LogP contribution >= 0.6 is 0 Å². The summed E-state index contributed by atoms with van der Waals surface area (Å²) in [4.78, 5) is 59.1. The number of carbonyl (C=O) groups is 5. The minimum absolute atomic E-state index is 0.0598. The lowest BCUT2D eigenvalue weighted by atomic mass is 9.98. The predicted molar refractivity (Wildman–Crippen MR) is 116 cm³/mol. The van der Waals surface area contributed by atoms with E-state index in [2.05, 4.69) is 21.3 Å². The maximum absolute atomic E-state index is 12.2. The number of hydrogen-bond acceptors (Lipinski definition) is 6. The Bertz CT molecular complexity index is 801. The summed E-state index contributed by atoms with van der Waals surface area (Å²) in [6, 6.07) is 7.23. The summed E-state index contributed by atoms with van der Waals surface area (Å²) in [5, 5.41) is 9.51. The Hall–Kier alpha value is -3.63. The van der Waals surface area contributed by atoms with Crippen LogP contribution in [0.25, 0.3) is 0 Å². The van der Waals surface area contributed by atoms with Gasteiger partial charge in [-0.3, -0.25) is 19.2 Å². The second-order valence-corrected chi connectivity index (χ2v) is 7.26. The van der Waals surface area contributed by atoms with Crippen molar-refractivity contribution < 1.29 is 28.7 Å². The Morgan fingerprint density at radius 3 is 2.16 bits per heavy atom. The van der Waals surface area contributed by atoms with Crippen LogP contribution in [0.3, 0.4) is 0 Å². The second kappa shape index (κ2) is 13.6. The molecule has 0 radical (unpaired) electrons. The summed E-state index contributed by atoms with van der Waals surface area (Å²) in [5.41, 5.74) is 6.11. The molecule has 0 aliphatic carbocycles. The first kappa shape index (κ1) is 26.4. The zero-order valence-electron chi connectivity index (χ0n) is 18.5. The molecule has 1 aromatic rings. The maximum Gasteiger partial charge on any atom is 0.407 e. The highest BCUT2D eigenvalue weighted by Gasteiger charge is 2.26. The maximum atomic E-state index is 12.2. The van der Waals surface area contributed by atoms with Gasteiger partial charge in [-0.1, -0.05) is 50.6 Å². The molecule has 1 rings (SSSR count). The normalized spacial score (nSPS) is 13.1. The van der Waals surface area contributed by atoms with Crippen molar-refractivity contribution >= 4 is 29.7 Å². The highest BCUT2D eigenvalue weighted by atomic mass is 16.5. The van der Waals surface area contributed by atoms with Crippen molar-refractivity contribution in [1.29, 1.82) is 0 Å². The van der Waals surface area contributed by atoms with Crippen molar-refractivity contribution in [3.8, 4) is 0 Å². The summed E-state index contributed by atoms with van der Waals surface area (Å²) >= 11 is 0. The molecule has 0 bridgehead atoms. The zero-order valence-corrected chi connectivity index (χ0v) is 18.5. The number of amides is 5. The van der Waals surface area contributed by atoms with Gasteiger partial charge in [0, 0.05) is 0 Å². The van der Waals surface area contributed by atoms with Gasteiger partial charge in [-0.2, -0.15) is 0 Å². The van der Waals surface area contributed by atoms with E-state index in [9.17, 15) is 24.0 Å². The van der Waals surface area contributed by atoms with E-state index in [0.717, 1.165) is 5.56 Å². The van der Waals surface area contributed by atoms with Crippen LogP contribution in [0.15, 0.2) is 30.3 Å². The van der Waals surface area contributed by atoms with E-state index in [1.165, 1.54) is 6.92 Å². The highest BCUT2D eigenvalue weighted by Crippen LogP contribution is 2.07. The fourth-order valence-electron chi connectivity index (χ4n) is 2.53. The van der Waals surface area contributed by atoms with Crippen LogP contribution in [0.1, 0.15) is 32.8 Å². The molecule has 0 spiro atoms. The summed E-state index contributed by atoms with van der Waals surface area (Å²) in [6.07, 6.45) is -0.141. The summed E-state index contributed by atoms with van der Waals surface area (Å²) in [5.74, 6) is -2.62. The van der Waals surface area contributed by atoms with E-state index < -0.39 is 48.4 Å². The largest absolute Gasteiger partial charge is 0.445 e. The van der Waals surface area contributed by atoms with Crippen molar-refractivity contribution in [2.24, 2.45) is 11.7 Å². The first-order valence-electron chi connectivity index (χ1n) is 10.2. The summed E-state index contributed by atoms with van der Waals surface area (Å²) in [6.45, 7) is 4.35. The minimum atomic E-state index is -0.948. The Kier molecular flexibility index (Phi) is 11.2. The molecule has 0 heterocycles.